The molecule has 0 aliphatic heterocycles. The van der Waals surface area contributed by atoms with E-state index in [1.807, 2.05) is 38.1 Å². The number of aryl methyl sites for hydroxylation is 2. The van der Waals surface area contributed by atoms with Crippen LogP contribution in [0.25, 0.3) is 0 Å². The smallest absolute Gasteiger partial charge is 0.270 e. The molecule has 2 N–H and O–H groups in total. The maximum atomic E-state index is 12.5. The zero-order valence-corrected chi connectivity index (χ0v) is 15.0. The molecule has 1 aromatic heterocycles. The van der Waals surface area contributed by atoms with Crippen LogP contribution in [0.1, 0.15) is 59.5 Å². The molecule has 0 bridgehead atoms. The van der Waals surface area contributed by atoms with Crippen molar-refractivity contribution < 1.29 is 4.79 Å². The van der Waals surface area contributed by atoms with Crippen LogP contribution in [0.4, 0.5) is 5.82 Å². The van der Waals surface area contributed by atoms with E-state index in [1.54, 1.807) is 6.07 Å². The van der Waals surface area contributed by atoms with Crippen molar-refractivity contribution >= 4 is 11.7 Å². The minimum atomic E-state index is -0.169. The van der Waals surface area contributed by atoms with Gasteiger partial charge in [-0.05, 0) is 32.3 Å². The van der Waals surface area contributed by atoms with Gasteiger partial charge in [-0.15, -0.1) is 0 Å². The third-order valence-electron chi connectivity index (χ3n) is 4.60. The Kier molecular flexibility index (Phi) is 5.64. The van der Waals surface area contributed by atoms with Crippen molar-refractivity contribution in [1.29, 1.82) is 0 Å². The summed E-state index contributed by atoms with van der Waals surface area (Å²) in [5, 5.41) is 6.40. The quantitative estimate of drug-likeness (QED) is 0.871. The van der Waals surface area contributed by atoms with Gasteiger partial charge in [0, 0.05) is 18.7 Å². The van der Waals surface area contributed by atoms with Crippen molar-refractivity contribution in [1.82, 2.24) is 15.3 Å². The summed E-state index contributed by atoms with van der Waals surface area (Å²) in [4.78, 5) is 21.2. The van der Waals surface area contributed by atoms with E-state index in [4.69, 9.17) is 0 Å². The molecule has 1 fully saturated rings. The molecule has 5 nitrogen and oxygen atoms in total. The molecular formula is C20H26N4O. The second kappa shape index (κ2) is 8.10. The SMILES string of the molecule is Cc1ccc(CNC(=O)c2cc(NC3CCCCC3)nc(C)n2)cc1. The summed E-state index contributed by atoms with van der Waals surface area (Å²) in [6.07, 6.45) is 6.15. The topological polar surface area (TPSA) is 66.9 Å². The number of carbonyl (C=O) groups is 1. The van der Waals surface area contributed by atoms with Crippen LogP contribution >= 0.6 is 0 Å². The van der Waals surface area contributed by atoms with Gasteiger partial charge in [0.25, 0.3) is 5.91 Å². The average molecular weight is 338 g/mol. The van der Waals surface area contributed by atoms with Gasteiger partial charge in [0.2, 0.25) is 0 Å². The molecule has 0 saturated heterocycles. The highest BCUT2D eigenvalue weighted by Gasteiger charge is 2.16. The first-order chi connectivity index (χ1) is 12.1. The van der Waals surface area contributed by atoms with E-state index in [0.717, 1.165) is 24.2 Å². The molecule has 0 unspecified atom stereocenters. The average Bonchev–Trinajstić information content (AvgIpc) is 2.61. The van der Waals surface area contributed by atoms with Gasteiger partial charge in [-0.1, -0.05) is 49.1 Å². The molecular weight excluding hydrogens is 312 g/mol. The van der Waals surface area contributed by atoms with Crippen LogP contribution in [-0.4, -0.2) is 21.9 Å². The maximum Gasteiger partial charge on any atom is 0.270 e. The van der Waals surface area contributed by atoms with Crippen molar-refractivity contribution in [3.05, 3.63) is 53.0 Å². The van der Waals surface area contributed by atoms with Crippen molar-refractivity contribution in [2.24, 2.45) is 0 Å². The van der Waals surface area contributed by atoms with Gasteiger partial charge in [-0.2, -0.15) is 0 Å². The highest BCUT2D eigenvalue weighted by atomic mass is 16.1. The van der Waals surface area contributed by atoms with E-state index in [0.29, 0.717) is 24.1 Å². The van der Waals surface area contributed by atoms with E-state index < -0.39 is 0 Å². The fraction of sp³-hybridized carbons (Fsp3) is 0.450. The minimum Gasteiger partial charge on any atom is -0.367 e. The summed E-state index contributed by atoms with van der Waals surface area (Å²) in [6.45, 7) is 4.36. The van der Waals surface area contributed by atoms with Crippen molar-refractivity contribution in [2.45, 2.75) is 58.5 Å². The van der Waals surface area contributed by atoms with Gasteiger partial charge in [-0.3, -0.25) is 4.79 Å². The lowest BCUT2D eigenvalue weighted by Crippen LogP contribution is -2.26. The lowest BCUT2D eigenvalue weighted by Gasteiger charge is -2.23. The number of hydrogen-bond donors (Lipinski definition) is 2. The van der Waals surface area contributed by atoms with Gasteiger partial charge in [0.15, 0.2) is 0 Å². The van der Waals surface area contributed by atoms with Crippen LogP contribution in [-0.2, 0) is 6.54 Å². The number of benzene rings is 1. The number of aromatic nitrogens is 2. The predicted molar refractivity (Wildman–Crippen MR) is 99.6 cm³/mol. The molecule has 1 saturated carbocycles. The predicted octanol–water partition coefficient (Wildman–Crippen LogP) is 3.77. The van der Waals surface area contributed by atoms with Gasteiger partial charge >= 0.3 is 0 Å². The van der Waals surface area contributed by atoms with E-state index in [1.165, 1.54) is 24.8 Å². The first kappa shape index (κ1) is 17.4. The van der Waals surface area contributed by atoms with Crippen LogP contribution in [0.3, 0.4) is 0 Å². The largest absolute Gasteiger partial charge is 0.367 e. The Bertz CT molecular complexity index is 721. The molecule has 25 heavy (non-hydrogen) atoms. The molecule has 1 aliphatic carbocycles. The molecule has 3 rings (SSSR count). The number of nitrogens with one attached hydrogen (secondary N) is 2. The Morgan fingerprint density at radius 1 is 1.08 bits per heavy atom. The summed E-state index contributed by atoms with van der Waals surface area (Å²) in [7, 11) is 0. The van der Waals surface area contributed by atoms with Gasteiger partial charge in [0.05, 0.1) is 0 Å². The first-order valence-electron chi connectivity index (χ1n) is 9.06. The molecule has 1 aromatic carbocycles. The highest BCUT2D eigenvalue weighted by molar-refractivity contribution is 5.92. The molecule has 2 aromatic rings. The van der Waals surface area contributed by atoms with Crippen LogP contribution < -0.4 is 10.6 Å². The first-order valence-corrected chi connectivity index (χ1v) is 9.06. The number of amides is 1. The van der Waals surface area contributed by atoms with Crippen LogP contribution in [0.15, 0.2) is 30.3 Å². The van der Waals surface area contributed by atoms with E-state index in [2.05, 4.69) is 20.6 Å². The van der Waals surface area contributed by atoms with E-state index >= 15 is 0 Å². The molecule has 1 aliphatic rings. The molecule has 132 valence electrons. The summed E-state index contributed by atoms with van der Waals surface area (Å²) < 4.78 is 0. The Balaban J connectivity index is 1.64. The van der Waals surface area contributed by atoms with E-state index in [-0.39, 0.29) is 5.91 Å². The lowest BCUT2D eigenvalue weighted by molar-refractivity contribution is 0.0945. The van der Waals surface area contributed by atoms with Gasteiger partial charge < -0.3 is 10.6 Å². The van der Waals surface area contributed by atoms with Crippen LogP contribution in [0.5, 0.6) is 0 Å². The van der Waals surface area contributed by atoms with Crippen LogP contribution in [0, 0.1) is 13.8 Å². The molecule has 0 radical (unpaired) electrons. The third-order valence-corrected chi connectivity index (χ3v) is 4.60. The maximum absolute atomic E-state index is 12.5. The molecule has 1 amide bonds. The fourth-order valence-electron chi connectivity index (χ4n) is 3.19. The number of anilines is 1. The Morgan fingerprint density at radius 2 is 1.80 bits per heavy atom. The molecule has 5 heteroatoms. The van der Waals surface area contributed by atoms with Crippen LogP contribution in [0.2, 0.25) is 0 Å². The number of hydrogen-bond acceptors (Lipinski definition) is 4. The second-order valence-corrected chi connectivity index (χ2v) is 6.83. The Labute approximate surface area is 149 Å². The molecule has 0 atom stereocenters. The van der Waals surface area contributed by atoms with Crippen molar-refractivity contribution in [3.63, 3.8) is 0 Å². The zero-order valence-electron chi connectivity index (χ0n) is 15.0. The summed E-state index contributed by atoms with van der Waals surface area (Å²) in [6, 6.07) is 10.3. The van der Waals surface area contributed by atoms with Gasteiger partial charge in [0.1, 0.15) is 17.3 Å². The molecule has 0 spiro atoms. The minimum absolute atomic E-state index is 0.169. The van der Waals surface area contributed by atoms with Crippen molar-refractivity contribution in [2.75, 3.05) is 5.32 Å². The normalized spacial score (nSPS) is 15.0. The number of carbonyl (C=O) groups excluding carboxylic acids is 1. The van der Waals surface area contributed by atoms with E-state index in [9.17, 15) is 4.79 Å². The molecule has 1 heterocycles. The third kappa shape index (κ3) is 5.02. The summed E-state index contributed by atoms with van der Waals surface area (Å²) in [5.74, 6) is 1.19. The van der Waals surface area contributed by atoms with Gasteiger partial charge in [-0.25, -0.2) is 9.97 Å². The zero-order chi connectivity index (χ0) is 17.6. The summed E-state index contributed by atoms with van der Waals surface area (Å²) in [5.41, 5.74) is 2.70. The highest BCUT2D eigenvalue weighted by Crippen LogP contribution is 2.21. The standard InChI is InChI=1S/C20H26N4O/c1-14-8-10-16(11-9-14)13-21-20(25)18-12-19(23-15(2)22-18)24-17-6-4-3-5-7-17/h8-12,17H,3-7,13H2,1-2H3,(H,21,25)(H,22,23,24). The van der Waals surface area contributed by atoms with Crippen molar-refractivity contribution in [3.8, 4) is 0 Å². The number of nitrogens with zero attached hydrogens (tertiary/aromatic N) is 2. The lowest BCUT2D eigenvalue weighted by atomic mass is 9.95. The fourth-order valence-corrected chi connectivity index (χ4v) is 3.19. The number of rotatable bonds is 5. The Morgan fingerprint density at radius 3 is 2.52 bits per heavy atom. The second-order valence-electron chi connectivity index (χ2n) is 6.83. The summed E-state index contributed by atoms with van der Waals surface area (Å²) >= 11 is 0. The monoisotopic (exact) mass is 338 g/mol. The Hall–Kier alpha value is -2.43.